The normalized spacial score (nSPS) is 23.9. The van der Waals surface area contributed by atoms with Crippen LogP contribution in [-0.4, -0.2) is 25.0 Å². The minimum Gasteiger partial charge on any atom is -0.427 e. The van der Waals surface area contributed by atoms with Crippen molar-refractivity contribution >= 4 is 6.16 Å². The van der Waals surface area contributed by atoms with Crippen molar-refractivity contribution in [3.63, 3.8) is 0 Å². The number of hydrogen-bond acceptors (Lipinski definition) is 4. The van der Waals surface area contributed by atoms with Gasteiger partial charge in [-0.25, -0.2) is 4.79 Å². The highest BCUT2D eigenvalue weighted by molar-refractivity contribution is 5.62. The maximum atomic E-state index is 10.8. The third kappa shape index (κ3) is 2.73. The van der Waals surface area contributed by atoms with Crippen LogP contribution in [0.2, 0.25) is 0 Å². The van der Waals surface area contributed by atoms with E-state index in [0.29, 0.717) is 13.2 Å². The Labute approximate surface area is 94.1 Å². The quantitative estimate of drug-likeness (QED) is 0.732. The number of cyclic esters (lactones) is 2. The molecule has 0 aliphatic carbocycles. The fourth-order valence-electron chi connectivity index (χ4n) is 1.51. The fraction of sp³-hybridized carbons (Fsp3) is 0.417. The summed E-state index contributed by atoms with van der Waals surface area (Å²) >= 11 is 0. The van der Waals surface area contributed by atoms with Gasteiger partial charge in [-0.3, -0.25) is 0 Å². The topological polar surface area (TPSA) is 44.8 Å². The molecule has 0 bridgehead atoms. The number of carbonyl (C=O) groups is 1. The number of benzene rings is 1. The van der Waals surface area contributed by atoms with Gasteiger partial charge in [0.25, 0.3) is 0 Å². The van der Waals surface area contributed by atoms with Crippen LogP contribution in [0.15, 0.2) is 30.3 Å². The van der Waals surface area contributed by atoms with Gasteiger partial charge >= 0.3 is 6.16 Å². The third-order valence-corrected chi connectivity index (χ3v) is 2.45. The van der Waals surface area contributed by atoms with Crippen molar-refractivity contribution in [3.8, 4) is 0 Å². The van der Waals surface area contributed by atoms with Crippen molar-refractivity contribution in [1.29, 1.82) is 0 Å². The first-order chi connectivity index (χ1) is 7.75. The molecule has 86 valence electrons. The molecule has 0 spiro atoms. The molecule has 1 aliphatic heterocycles. The maximum Gasteiger partial charge on any atom is 0.509 e. The number of rotatable bonds is 4. The smallest absolute Gasteiger partial charge is 0.427 e. The van der Waals surface area contributed by atoms with Crippen LogP contribution in [0.3, 0.4) is 0 Å². The molecule has 2 atom stereocenters. The minimum absolute atomic E-state index is 0.233. The number of hydrogen-bond donors (Lipinski definition) is 0. The Hall–Kier alpha value is -1.55. The first kappa shape index (κ1) is 11.0. The Kier molecular flexibility index (Phi) is 3.41. The fourth-order valence-corrected chi connectivity index (χ4v) is 1.51. The molecule has 1 aromatic rings. The minimum atomic E-state index is -0.610. The maximum absolute atomic E-state index is 10.8. The van der Waals surface area contributed by atoms with Gasteiger partial charge in [-0.05, 0) is 12.5 Å². The lowest BCUT2D eigenvalue weighted by Crippen LogP contribution is -2.24. The highest BCUT2D eigenvalue weighted by Crippen LogP contribution is 2.15. The van der Waals surface area contributed by atoms with E-state index in [4.69, 9.17) is 14.2 Å². The van der Waals surface area contributed by atoms with Gasteiger partial charge in [0.2, 0.25) is 0 Å². The molecule has 16 heavy (non-hydrogen) atoms. The Morgan fingerprint density at radius 2 is 2.00 bits per heavy atom. The van der Waals surface area contributed by atoms with Crippen molar-refractivity contribution in [3.05, 3.63) is 35.9 Å². The summed E-state index contributed by atoms with van der Waals surface area (Å²) in [5.41, 5.74) is 1.10. The molecule has 2 rings (SSSR count). The molecule has 1 aliphatic rings. The van der Waals surface area contributed by atoms with Crippen LogP contribution in [0.25, 0.3) is 0 Å². The van der Waals surface area contributed by atoms with Crippen LogP contribution in [0.4, 0.5) is 4.79 Å². The first-order valence-corrected chi connectivity index (χ1v) is 5.24. The van der Waals surface area contributed by atoms with Crippen molar-refractivity contribution in [2.75, 3.05) is 6.61 Å². The van der Waals surface area contributed by atoms with Crippen LogP contribution < -0.4 is 0 Å². The molecular formula is C12H14O4. The van der Waals surface area contributed by atoms with Gasteiger partial charge in [0.15, 0.2) is 6.10 Å². The molecule has 4 heteroatoms. The molecule has 1 aromatic carbocycles. The van der Waals surface area contributed by atoms with Gasteiger partial charge in [-0.2, -0.15) is 0 Å². The summed E-state index contributed by atoms with van der Waals surface area (Å²) in [5.74, 6) is 0. The Bertz CT molecular complexity index is 349. The molecule has 0 aromatic heterocycles. The second kappa shape index (κ2) is 4.99. The largest absolute Gasteiger partial charge is 0.509 e. The van der Waals surface area contributed by atoms with E-state index in [-0.39, 0.29) is 12.2 Å². The lowest BCUT2D eigenvalue weighted by atomic mass is 10.2. The predicted molar refractivity (Wildman–Crippen MR) is 56.9 cm³/mol. The Balaban J connectivity index is 1.74. The highest BCUT2D eigenvalue weighted by atomic mass is 16.8. The van der Waals surface area contributed by atoms with Crippen molar-refractivity contribution < 1.29 is 19.0 Å². The van der Waals surface area contributed by atoms with E-state index in [0.717, 1.165) is 5.56 Å². The van der Waals surface area contributed by atoms with Gasteiger partial charge in [0.05, 0.1) is 13.2 Å². The number of ether oxygens (including phenoxy) is 3. The van der Waals surface area contributed by atoms with Gasteiger partial charge in [0, 0.05) is 0 Å². The summed E-state index contributed by atoms with van der Waals surface area (Å²) in [6.07, 6.45) is -1.14. The summed E-state index contributed by atoms with van der Waals surface area (Å²) in [6, 6.07) is 9.85. The Morgan fingerprint density at radius 3 is 2.62 bits per heavy atom. The molecule has 4 nitrogen and oxygen atoms in total. The lowest BCUT2D eigenvalue weighted by molar-refractivity contribution is 0.0265. The van der Waals surface area contributed by atoms with E-state index >= 15 is 0 Å². The zero-order valence-corrected chi connectivity index (χ0v) is 9.09. The average molecular weight is 222 g/mol. The van der Waals surface area contributed by atoms with Crippen molar-refractivity contribution in [1.82, 2.24) is 0 Å². The standard InChI is InChI=1S/C12H14O4/c1-9-11(16-12(13)15-9)8-14-7-10-5-3-2-4-6-10/h2-6,9,11H,7-8H2,1H3/t9?,11-/m1/s1. The van der Waals surface area contributed by atoms with Crippen molar-refractivity contribution in [2.24, 2.45) is 0 Å². The summed E-state index contributed by atoms with van der Waals surface area (Å²) in [6.45, 7) is 2.67. The molecule has 1 heterocycles. The SMILES string of the molecule is CC1OC(=O)O[C@@H]1COCc1ccccc1. The summed E-state index contributed by atoms with van der Waals surface area (Å²) in [7, 11) is 0. The zero-order valence-electron chi connectivity index (χ0n) is 9.09. The van der Waals surface area contributed by atoms with Crippen LogP contribution in [0.1, 0.15) is 12.5 Å². The monoisotopic (exact) mass is 222 g/mol. The van der Waals surface area contributed by atoms with E-state index < -0.39 is 6.16 Å². The molecule has 0 radical (unpaired) electrons. The van der Waals surface area contributed by atoms with Gasteiger partial charge in [-0.1, -0.05) is 30.3 Å². The molecule has 0 saturated carbocycles. The molecule has 0 N–H and O–H groups in total. The molecular weight excluding hydrogens is 208 g/mol. The molecule has 1 saturated heterocycles. The number of carbonyl (C=O) groups excluding carboxylic acids is 1. The summed E-state index contributed by atoms with van der Waals surface area (Å²) < 4.78 is 15.2. The van der Waals surface area contributed by atoms with Crippen LogP contribution in [0, 0.1) is 0 Å². The lowest BCUT2D eigenvalue weighted by Gasteiger charge is -2.11. The van der Waals surface area contributed by atoms with E-state index in [1.807, 2.05) is 30.3 Å². The van der Waals surface area contributed by atoms with Gasteiger partial charge in [-0.15, -0.1) is 0 Å². The third-order valence-electron chi connectivity index (χ3n) is 2.45. The molecule has 1 fully saturated rings. The van der Waals surface area contributed by atoms with E-state index in [1.54, 1.807) is 6.92 Å². The summed E-state index contributed by atoms with van der Waals surface area (Å²) in [5, 5.41) is 0. The van der Waals surface area contributed by atoms with Gasteiger partial charge < -0.3 is 14.2 Å². The second-order valence-corrected chi connectivity index (χ2v) is 3.73. The van der Waals surface area contributed by atoms with Crippen LogP contribution in [0.5, 0.6) is 0 Å². The Morgan fingerprint density at radius 1 is 1.25 bits per heavy atom. The van der Waals surface area contributed by atoms with E-state index in [9.17, 15) is 4.79 Å². The highest BCUT2D eigenvalue weighted by Gasteiger charge is 2.33. The zero-order chi connectivity index (χ0) is 11.4. The van der Waals surface area contributed by atoms with Crippen molar-refractivity contribution in [2.45, 2.75) is 25.7 Å². The van der Waals surface area contributed by atoms with E-state index in [2.05, 4.69) is 0 Å². The van der Waals surface area contributed by atoms with E-state index in [1.165, 1.54) is 0 Å². The first-order valence-electron chi connectivity index (χ1n) is 5.24. The molecule has 1 unspecified atom stereocenters. The molecule has 0 amide bonds. The van der Waals surface area contributed by atoms with Gasteiger partial charge in [0.1, 0.15) is 6.10 Å². The second-order valence-electron chi connectivity index (χ2n) is 3.73. The van der Waals surface area contributed by atoms with Crippen LogP contribution >= 0.6 is 0 Å². The predicted octanol–water partition coefficient (Wildman–Crippen LogP) is 2.13. The summed E-state index contributed by atoms with van der Waals surface area (Å²) in [4.78, 5) is 10.8. The van der Waals surface area contributed by atoms with Crippen LogP contribution in [-0.2, 0) is 20.8 Å². The average Bonchev–Trinajstić information content (AvgIpc) is 2.59.